The van der Waals surface area contributed by atoms with Gasteiger partial charge in [-0.25, -0.2) is 9.97 Å². The van der Waals surface area contributed by atoms with Gasteiger partial charge in [-0.2, -0.15) is 10.4 Å². The number of benzene rings is 1. The summed E-state index contributed by atoms with van der Waals surface area (Å²) in [5, 5.41) is 27.0. The topological polar surface area (TPSA) is 99.6 Å². The van der Waals surface area contributed by atoms with Gasteiger partial charge in [0, 0.05) is 30.3 Å². The predicted octanol–water partition coefficient (Wildman–Crippen LogP) is 3.00. The molecule has 2 aromatic heterocycles. The van der Waals surface area contributed by atoms with Crippen molar-refractivity contribution in [3.8, 4) is 17.3 Å². The number of rotatable bonds is 4. The van der Waals surface area contributed by atoms with Crippen molar-refractivity contribution < 1.29 is 5.11 Å². The molecule has 1 aromatic carbocycles. The number of anilines is 2. The lowest BCUT2D eigenvalue weighted by molar-refractivity contribution is 0.206. The molecule has 7 nitrogen and oxygen atoms in total. The third-order valence-electron chi connectivity index (χ3n) is 5.49. The monoisotopic (exact) mass is 374 g/mol. The second-order valence-corrected chi connectivity index (χ2v) is 7.57. The van der Waals surface area contributed by atoms with Gasteiger partial charge in [0.05, 0.1) is 29.6 Å². The van der Waals surface area contributed by atoms with Gasteiger partial charge < -0.3 is 10.4 Å². The molecule has 0 bridgehead atoms. The molecule has 0 fully saturated rings. The molecule has 2 heterocycles. The summed E-state index contributed by atoms with van der Waals surface area (Å²) in [6.45, 7) is 4.03. The highest BCUT2D eigenvalue weighted by atomic mass is 16.3. The fraction of sp³-hybridized carbons (Fsp3) is 0.333. The van der Waals surface area contributed by atoms with E-state index in [1.807, 2.05) is 39.1 Å². The standard InChI is InChI=1S/C21H22N6O/c1-13-8-19(27(3)26-13)25-20-23-7-5-18(24-20)14-9-15(11-22)16-4-6-21(2,12-28)17(16)10-14/h5,7-10,28H,4,6,12H2,1-3H3,(H,23,24,25). The molecule has 7 heteroatoms. The first kappa shape index (κ1) is 18.1. The van der Waals surface area contributed by atoms with Gasteiger partial charge in [0.15, 0.2) is 0 Å². The minimum Gasteiger partial charge on any atom is -0.395 e. The van der Waals surface area contributed by atoms with E-state index in [9.17, 15) is 10.4 Å². The number of nitrogens with zero attached hydrogens (tertiary/aromatic N) is 5. The van der Waals surface area contributed by atoms with Crippen molar-refractivity contribution in [3.63, 3.8) is 0 Å². The lowest BCUT2D eigenvalue weighted by Crippen LogP contribution is -2.23. The van der Waals surface area contributed by atoms with E-state index in [1.165, 1.54) is 0 Å². The Hall–Kier alpha value is -3.24. The number of aryl methyl sites for hydroxylation is 2. The zero-order valence-corrected chi connectivity index (χ0v) is 16.2. The Morgan fingerprint density at radius 1 is 1.36 bits per heavy atom. The van der Waals surface area contributed by atoms with Crippen molar-refractivity contribution in [1.82, 2.24) is 19.7 Å². The fourth-order valence-corrected chi connectivity index (χ4v) is 3.85. The van der Waals surface area contributed by atoms with Crippen LogP contribution in [0.3, 0.4) is 0 Å². The van der Waals surface area contributed by atoms with Gasteiger partial charge in [0.2, 0.25) is 5.95 Å². The number of fused-ring (bicyclic) bond motifs is 1. The highest BCUT2D eigenvalue weighted by Gasteiger charge is 2.35. The summed E-state index contributed by atoms with van der Waals surface area (Å²) in [4.78, 5) is 8.93. The zero-order chi connectivity index (χ0) is 19.9. The zero-order valence-electron chi connectivity index (χ0n) is 16.2. The quantitative estimate of drug-likeness (QED) is 0.728. The molecular formula is C21H22N6O. The molecule has 1 unspecified atom stereocenters. The molecule has 3 aromatic rings. The van der Waals surface area contributed by atoms with E-state index in [2.05, 4.69) is 32.5 Å². The summed E-state index contributed by atoms with van der Waals surface area (Å²) in [6, 6.07) is 9.99. The van der Waals surface area contributed by atoms with E-state index in [4.69, 9.17) is 0 Å². The van der Waals surface area contributed by atoms with Gasteiger partial charge >= 0.3 is 0 Å². The van der Waals surface area contributed by atoms with Crippen LogP contribution in [0, 0.1) is 18.3 Å². The Balaban J connectivity index is 1.75. The van der Waals surface area contributed by atoms with Crippen LogP contribution in [0.5, 0.6) is 0 Å². The first-order chi connectivity index (χ1) is 13.4. The average Bonchev–Trinajstić information content (AvgIpc) is 3.20. The summed E-state index contributed by atoms with van der Waals surface area (Å²) >= 11 is 0. The molecular weight excluding hydrogens is 352 g/mol. The summed E-state index contributed by atoms with van der Waals surface area (Å²) in [5.74, 6) is 1.26. The van der Waals surface area contributed by atoms with Crippen molar-refractivity contribution in [2.75, 3.05) is 11.9 Å². The molecule has 28 heavy (non-hydrogen) atoms. The van der Waals surface area contributed by atoms with Crippen LogP contribution in [0.2, 0.25) is 0 Å². The van der Waals surface area contributed by atoms with Gasteiger partial charge in [-0.15, -0.1) is 0 Å². The molecule has 2 N–H and O–H groups in total. The predicted molar refractivity (Wildman–Crippen MR) is 106 cm³/mol. The van der Waals surface area contributed by atoms with E-state index in [1.54, 1.807) is 10.9 Å². The second-order valence-electron chi connectivity index (χ2n) is 7.57. The Morgan fingerprint density at radius 3 is 2.86 bits per heavy atom. The van der Waals surface area contributed by atoms with Gasteiger partial charge in [-0.05, 0) is 49.1 Å². The first-order valence-electron chi connectivity index (χ1n) is 9.23. The van der Waals surface area contributed by atoms with Crippen LogP contribution in [0.1, 0.15) is 35.7 Å². The van der Waals surface area contributed by atoms with Crippen LogP contribution in [-0.4, -0.2) is 31.5 Å². The van der Waals surface area contributed by atoms with Crippen molar-refractivity contribution in [1.29, 1.82) is 5.26 Å². The van der Waals surface area contributed by atoms with Crippen LogP contribution in [0.4, 0.5) is 11.8 Å². The van der Waals surface area contributed by atoms with Crippen LogP contribution in [-0.2, 0) is 18.9 Å². The summed E-state index contributed by atoms with van der Waals surface area (Å²) < 4.78 is 1.74. The van der Waals surface area contributed by atoms with Crippen molar-refractivity contribution >= 4 is 11.8 Å². The maximum absolute atomic E-state index is 9.91. The van der Waals surface area contributed by atoms with Gasteiger partial charge in [-0.3, -0.25) is 4.68 Å². The maximum Gasteiger partial charge on any atom is 0.228 e. The van der Waals surface area contributed by atoms with E-state index < -0.39 is 0 Å². The van der Waals surface area contributed by atoms with E-state index in [0.29, 0.717) is 11.5 Å². The summed E-state index contributed by atoms with van der Waals surface area (Å²) in [5.41, 5.74) is 4.89. The fourth-order valence-electron chi connectivity index (χ4n) is 3.85. The van der Waals surface area contributed by atoms with Gasteiger partial charge in [-0.1, -0.05) is 6.92 Å². The lowest BCUT2D eigenvalue weighted by Gasteiger charge is -2.23. The first-order valence-corrected chi connectivity index (χ1v) is 9.23. The molecule has 4 rings (SSSR count). The van der Waals surface area contributed by atoms with Crippen molar-refractivity contribution in [3.05, 3.63) is 52.8 Å². The van der Waals surface area contributed by atoms with Crippen LogP contribution in [0.15, 0.2) is 30.5 Å². The Labute approximate surface area is 163 Å². The molecule has 0 radical (unpaired) electrons. The highest BCUT2D eigenvalue weighted by molar-refractivity contribution is 5.67. The largest absolute Gasteiger partial charge is 0.395 e. The normalized spacial score (nSPS) is 18.0. The number of hydrogen-bond donors (Lipinski definition) is 2. The number of aromatic nitrogens is 4. The molecule has 1 atom stereocenters. The molecule has 0 saturated carbocycles. The molecule has 1 aliphatic rings. The van der Waals surface area contributed by atoms with E-state index in [-0.39, 0.29) is 12.0 Å². The number of hydrogen-bond acceptors (Lipinski definition) is 6. The Kier molecular flexibility index (Phi) is 4.36. The molecule has 142 valence electrons. The molecule has 0 amide bonds. The second kappa shape index (κ2) is 6.73. The number of aliphatic hydroxyl groups is 1. The number of nitriles is 1. The van der Waals surface area contributed by atoms with Gasteiger partial charge in [0.25, 0.3) is 0 Å². The van der Waals surface area contributed by atoms with Crippen LogP contribution >= 0.6 is 0 Å². The number of aliphatic hydroxyl groups excluding tert-OH is 1. The van der Waals surface area contributed by atoms with Gasteiger partial charge in [0.1, 0.15) is 5.82 Å². The smallest absolute Gasteiger partial charge is 0.228 e. The Bertz CT molecular complexity index is 1100. The van der Waals surface area contributed by atoms with Crippen LogP contribution in [0.25, 0.3) is 11.3 Å². The third kappa shape index (κ3) is 3.02. The minimum absolute atomic E-state index is 0.0603. The number of nitrogens with one attached hydrogen (secondary N) is 1. The van der Waals surface area contributed by atoms with E-state index >= 15 is 0 Å². The third-order valence-corrected chi connectivity index (χ3v) is 5.49. The van der Waals surface area contributed by atoms with Crippen LogP contribution < -0.4 is 5.32 Å². The SMILES string of the molecule is Cc1cc(Nc2nccc(-c3cc(C#N)c4c(c3)C(C)(CO)CC4)n2)n(C)n1. The minimum atomic E-state index is -0.322. The summed E-state index contributed by atoms with van der Waals surface area (Å²) in [7, 11) is 1.86. The van der Waals surface area contributed by atoms with Crippen molar-refractivity contribution in [2.45, 2.75) is 32.1 Å². The lowest BCUT2D eigenvalue weighted by atomic mass is 9.83. The van der Waals surface area contributed by atoms with E-state index in [0.717, 1.165) is 46.7 Å². The molecule has 1 aliphatic carbocycles. The summed E-state index contributed by atoms with van der Waals surface area (Å²) in [6.07, 6.45) is 3.35. The Morgan fingerprint density at radius 2 is 2.18 bits per heavy atom. The molecule has 0 aliphatic heterocycles. The van der Waals surface area contributed by atoms with Crippen molar-refractivity contribution in [2.24, 2.45) is 7.05 Å². The maximum atomic E-state index is 9.91. The molecule has 0 spiro atoms. The molecule has 0 saturated heterocycles. The highest BCUT2D eigenvalue weighted by Crippen LogP contribution is 2.42. The average molecular weight is 374 g/mol.